The van der Waals surface area contributed by atoms with Crippen LogP contribution in [0.3, 0.4) is 0 Å². The van der Waals surface area contributed by atoms with E-state index in [9.17, 15) is 4.79 Å². The van der Waals surface area contributed by atoms with Crippen LogP contribution in [-0.2, 0) is 6.54 Å². The van der Waals surface area contributed by atoms with E-state index in [0.717, 1.165) is 26.5 Å². The fourth-order valence-electron chi connectivity index (χ4n) is 2.52. The smallest absolute Gasteiger partial charge is 0.273 e. The van der Waals surface area contributed by atoms with Crippen LogP contribution in [0.25, 0.3) is 21.5 Å². The van der Waals surface area contributed by atoms with Crippen molar-refractivity contribution in [2.45, 2.75) is 6.54 Å². The second kappa shape index (κ2) is 6.97. The number of carbonyl (C=O) groups is 1. The zero-order valence-electron chi connectivity index (χ0n) is 13.9. The maximum absolute atomic E-state index is 12.3. The van der Waals surface area contributed by atoms with Crippen LogP contribution in [0.5, 0.6) is 5.75 Å². The molecule has 0 spiro atoms. The lowest BCUT2D eigenvalue weighted by Gasteiger charge is -1.99. The van der Waals surface area contributed by atoms with Gasteiger partial charge in [0.2, 0.25) is 0 Å². The molecule has 0 aliphatic carbocycles. The van der Waals surface area contributed by atoms with Crippen molar-refractivity contribution in [3.63, 3.8) is 0 Å². The van der Waals surface area contributed by atoms with Crippen LogP contribution in [0.15, 0.2) is 59.1 Å². The summed E-state index contributed by atoms with van der Waals surface area (Å²) in [5.41, 5.74) is 1.99. The van der Waals surface area contributed by atoms with Gasteiger partial charge in [-0.3, -0.25) is 4.79 Å². The molecular formula is C19H15N3O3S. The van der Waals surface area contributed by atoms with Gasteiger partial charge in [0.15, 0.2) is 11.5 Å². The lowest BCUT2D eigenvalue weighted by Crippen LogP contribution is -2.22. The predicted octanol–water partition coefficient (Wildman–Crippen LogP) is 3.89. The third kappa shape index (κ3) is 3.29. The molecule has 7 heteroatoms. The van der Waals surface area contributed by atoms with Crippen molar-refractivity contribution >= 4 is 27.5 Å². The fourth-order valence-corrected chi connectivity index (χ4v) is 3.42. The number of thiazole rings is 1. The zero-order valence-corrected chi connectivity index (χ0v) is 14.7. The van der Waals surface area contributed by atoms with E-state index in [4.69, 9.17) is 9.26 Å². The highest BCUT2D eigenvalue weighted by molar-refractivity contribution is 7.18. The van der Waals surface area contributed by atoms with E-state index in [-0.39, 0.29) is 11.6 Å². The molecule has 1 N–H and O–H groups in total. The van der Waals surface area contributed by atoms with E-state index in [1.54, 1.807) is 24.5 Å². The predicted molar refractivity (Wildman–Crippen MR) is 99.3 cm³/mol. The maximum Gasteiger partial charge on any atom is 0.273 e. The van der Waals surface area contributed by atoms with Crippen LogP contribution >= 0.6 is 11.3 Å². The Morgan fingerprint density at radius 2 is 2.00 bits per heavy atom. The number of hydrogen-bond acceptors (Lipinski definition) is 6. The highest BCUT2D eigenvalue weighted by Gasteiger charge is 2.14. The molecule has 4 aromatic rings. The molecule has 4 rings (SSSR count). The fraction of sp³-hybridized carbons (Fsp3) is 0.105. The molecule has 2 heterocycles. The van der Waals surface area contributed by atoms with Gasteiger partial charge in [-0.2, -0.15) is 0 Å². The molecule has 0 radical (unpaired) electrons. The molecule has 1 amide bonds. The Morgan fingerprint density at radius 3 is 2.77 bits per heavy atom. The van der Waals surface area contributed by atoms with Crippen LogP contribution in [0.2, 0.25) is 0 Å². The Labute approximate surface area is 153 Å². The number of fused-ring (bicyclic) bond motifs is 1. The Balaban J connectivity index is 1.44. The van der Waals surface area contributed by atoms with E-state index in [1.807, 2.05) is 48.5 Å². The Bertz CT molecular complexity index is 1020. The normalized spacial score (nSPS) is 10.8. The highest BCUT2D eigenvalue weighted by Crippen LogP contribution is 2.24. The van der Waals surface area contributed by atoms with E-state index in [0.29, 0.717) is 12.3 Å². The largest absolute Gasteiger partial charge is 0.497 e. The van der Waals surface area contributed by atoms with Crippen molar-refractivity contribution in [1.82, 2.24) is 15.5 Å². The van der Waals surface area contributed by atoms with Crippen molar-refractivity contribution in [2.75, 3.05) is 7.11 Å². The Morgan fingerprint density at radius 1 is 1.19 bits per heavy atom. The van der Waals surface area contributed by atoms with Gasteiger partial charge in [0.25, 0.3) is 5.91 Å². The van der Waals surface area contributed by atoms with Crippen LogP contribution in [0.1, 0.15) is 15.5 Å². The molecule has 0 aliphatic heterocycles. The van der Waals surface area contributed by atoms with Gasteiger partial charge in [-0.15, -0.1) is 11.3 Å². The molecule has 0 atom stereocenters. The molecule has 2 aromatic carbocycles. The first-order valence-corrected chi connectivity index (χ1v) is 8.78. The van der Waals surface area contributed by atoms with E-state index < -0.39 is 0 Å². The quantitative estimate of drug-likeness (QED) is 0.581. The number of nitrogens with zero attached hydrogens (tertiary/aromatic N) is 2. The zero-order chi connectivity index (χ0) is 17.9. The van der Waals surface area contributed by atoms with Gasteiger partial charge < -0.3 is 14.6 Å². The van der Waals surface area contributed by atoms with E-state index in [1.165, 1.54) is 0 Å². The number of amides is 1. The van der Waals surface area contributed by atoms with Crippen molar-refractivity contribution in [3.05, 3.63) is 65.3 Å². The lowest BCUT2D eigenvalue weighted by molar-refractivity contribution is 0.0942. The summed E-state index contributed by atoms with van der Waals surface area (Å²) in [5, 5.41) is 7.53. The molecule has 130 valence electrons. The summed E-state index contributed by atoms with van der Waals surface area (Å²) in [6.07, 6.45) is 0. The number of para-hydroxylation sites is 1. The van der Waals surface area contributed by atoms with Crippen molar-refractivity contribution < 1.29 is 14.1 Å². The number of hydrogen-bond donors (Lipinski definition) is 1. The Kier molecular flexibility index (Phi) is 4.37. The van der Waals surface area contributed by atoms with Crippen LogP contribution in [0, 0.1) is 0 Å². The van der Waals surface area contributed by atoms with Crippen molar-refractivity contribution in [2.24, 2.45) is 0 Å². The van der Waals surface area contributed by atoms with Gasteiger partial charge in [-0.1, -0.05) is 17.3 Å². The minimum absolute atomic E-state index is 0.233. The van der Waals surface area contributed by atoms with Gasteiger partial charge in [0.1, 0.15) is 10.8 Å². The van der Waals surface area contributed by atoms with Crippen LogP contribution < -0.4 is 10.1 Å². The van der Waals surface area contributed by atoms with Crippen LogP contribution in [0.4, 0.5) is 0 Å². The molecule has 26 heavy (non-hydrogen) atoms. The first kappa shape index (κ1) is 16.3. The number of aromatic nitrogens is 2. The van der Waals surface area contributed by atoms with E-state index in [2.05, 4.69) is 15.5 Å². The molecule has 0 bridgehead atoms. The number of methoxy groups -OCH3 is 1. The minimum Gasteiger partial charge on any atom is -0.497 e. The first-order chi connectivity index (χ1) is 12.7. The second-order valence-electron chi connectivity index (χ2n) is 5.56. The van der Waals surface area contributed by atoms with Crippen LogP contribution in [-0.4, -0.2) is 23.2 Å². The third-order valence-corrected chi connectivity index (χ3v) is 4.89. The molecular weight excluding hydrogens is 350 g/mol. The van der Waals surface area contributed by atoms with Gasteiger partial charge in [0, 0.05) is 11.6 Å². The number of carbonyl (C=O) groups excluding carboxylic acids is 1. The summed E-state index contributed by atoms with van der Waals surface area (Å²) >= 11 is 1.56. The van der Waals surface area contributed by atoms with E-state index >= 15 is 0 Å². The maximum atomic E-state index is 12.3. The van der Waals surface area contributed by atoms with Gasteiger partial charge in [-0.25, -0.2) is 4.98 Å². The average Bonchev–Trinajstić information content (AvgIpc) is 3.33. The third-order valence-electron chi connectivity index (χ3n) is 3.86. The summed E-state index contributed by atoms with van der Waals surface area (Å²) in [7, 11) is 1.61. The number of rotatable bonds is 5. The lowest BCUT2D eigenvalue weighted by atomic mass is 10.1. The molecule has 0 saturated carbocycles. The topological polar surface area (TPSA) is 77.2 Å². The standard InChI is InChI=1S/C19H15N3O3S/c1-24-13-8-6-12(7-9-13)16-10-15(22-25-16)19(23)20-11-18-21-14-4-2-3-5-17(14)26-18/h2-10H,11H2,1H3,(H,20,23). The van der Waals surface area contributed by atoms with Crippen molar-refractivity contribution in [3.8, 4) is 17.1 Å². The van der Waals surface area contributed by atoms with Gasteiger partial charge >= 0.3 is 0 Å². The second-order valence-corrected chi connectivity index (χ2v) is 6.68. The summed E-state index contributed by atoms with van der Waals surface area (Å²) in [6.45, 7) is 0.350. The highest BCUT2D eigenvalue weighted by atomic mass is 32.1. The monoisotopic (exact) mass is 365 g/mol. The molecule has 6 nitrogen and oxygen atoms in total. The molecule has 2 aromatic heterocycles. The summed E-state index contributed by atoms with van der Waals surface area (Å²) in [4.78, 5) is 16.8. The number of ether oxygens (including phenoxy) is 1. The number of nitrogens with one attached hydrogen (secondary N) is 1. The molecule has 0 aliphatic rings. The first-order valence-electron chi connectivity index (χ1n) is 7.97. The molecule has 0 unspecified atom stereocenters. The summed E-state index contributed by atoms with van der Waals surface area (Å²) in [5.74, 6) is 0.979. The SMILES string of the molecule is COc1ccc(-c2cc(C(=O)NCc3nc4ccccc4s3)no2)cc1. The van der Waals surface area contributed by atoms with Gasteiger partial charge in [0.05, 0.1) is 23.9 Å². The Hall–Kier alpha value is -3.19. The molecule has 0 fully saturated rings. The number of benzene rings is 2. The van der Waals surface area contributed by atoms with Gasteiger partial charge in [-0.05, 0) is 36.4 Å². The minimum atomic E-state index is -0.298. The summed E-state index contributed by atoms with van der Waals surface area (Å²) < 4.78 is 11.5. The summed E-state index contributed by atoms with van der Waals surface area (Å²) in [6, 6.07) is 16.8. The molecule has 0 saturated heterocycles. The van der Waals surface area contributed by atoms with Crippen molar-refractivity contribution in [1.29, 1.82) is 0 Å². The average molecular weight is 365 g/mol.